The first-order valence-corrected chi connectivity index (χ1v) is 8.99. The van der Waals surface area contributed by atoms with Gasteiger partial charge in [-0.1, -0.05) is 24.3 Å². The molecular weight excluding hydrogens is 345 g/mol. The highest BCUT2D eigenvalue weighted by atomic mass is 19.1. The molecule has 1 heterocycles. The highest BCUT2D eigenvalue weighted by molar-refractivity contribution is 5.86. The second-order valence-corrected chi connectivity index (χ2v) is 6.03. The van der Waals surface area contributed by atoms with Crippen LogP contribution in [-0.2, 0) is 17.8 Å². The Bertz CT molecular complexity index is 751. The monoisotopic (exact) mass is 371 g/mol. The molecule has 0 radical (unpaired) electrons. The summed E-state index contributed by atoms with van der Waals surface area (Å²) in [5, 5.41) is 6.06. The summed E-state index contributed by atoms with van der Waals surface area (Å²) in [6, 6.07) is 12.3. The number of aliphatic imine (C=N–C) groups is 1. The van der Waals surface area contributed by atoms with Crippen LogP contribution in [0.1, 0.15) is 18.2 Å². The third-order valence-corrected chi connectivity index (χ3v) is 3.97. The topological polar surface area (TPSA) is 69.6 Å². The molecule has 0 aliphatic heterocycles. The molecule has 0 spiro atoms. The molecule has 0 aliphatic carbocycles. The van der Waals surface area contributed by atoms with Crippen LogP contribution in [0.2, 0.25) is 0 Å². The molecule has 6 nitrogen and oxygen atoms in total. The van der Waals surface area contributed by atoms with E-state index in [9.17, 15) is 9.18 Å². The molecular formula is C20H26FN5O. The van der Waals surface area contributed by atoms with Crippen molar-refractivity contribution < 1.29 is 9.18 Å². The van der Waals surface area contributed by atoms with Gasteiger partial charge in [-0.15, -0.1) is 0 Å². The number of carbonyl (C=O) groups excluding carboxylic acids is 1. The number of aromatic nitrogens is 1. The number of pyridine rings is 1. The lowest BCUT2D eigenvalue weighted by atomic mass is 10.2. The molecule has 0 fully saturated rings. The van der Waals surface area contributed by atoms with E-state index in [4.69, 9.17) is 0 Å². The minimum atomic E-state index is -0.289. The van der Waals surface area contributed by atoms with E-state index in [0.29, 0.717) is 31.0 Å². The van der Waals surface area contributed by atoms with Gasteiger partial charge in [-0.05, 0) is 25.1 Å². The predicted molar refractivity (Wildman–Crippen MR) is 105 cm³/mol. The predicted octanol–water partition coefficient (Wildman–Crippen LogP) is 1.98. The number of hydrogen-bond donors (Lipinski definition) is 2. The van der Waals surface area contributed by atoms with E-state index >= 15 is 0 Å². The van der Waals surface area contributed by atoms with Crippen molar-refractivity contribution >= 4 is 11.9 Å². The van der Waals surface area contributed by atoms with Crippen molar-refractivity contribution in [2.75, 3.05) is 26.7 Å². The maximum Gasteiger partial charge on any atom is 0.241 e. The van der Waals surface area contributed by atoms with Crippen molar-refractivity contribution in [3.63, 3.8) is 0 Å². The van der Waals surface area contributed by atoms with Crippen LogP contribution in [0.4, 0.5) is 4.39 Å². The number of guanidine groups is 1. The molecule has 0 aliphatic rings. The molecule has 144 valence electrons. The van der Waals surface area contributed by atoms with Gasteiger partial charge in [0.1, 0.15) is 5.82 Å². The summed E-state index contributed by atoms with van der Waals surface area (Å²) >= 11 is 0. The van der Waals surface area contributed by atoms with Gasteiger partial charge < -0.3 is 15.5 Å². The maximum atomic E-state index is 13.7. The summed E-state index contributed by atoms with van der Waals surface area (Å²) < 4.78 is 13.7. The largest absolute Gasteiger partial charge is 0.357 e. The zero-order valence-electron chi connectivity index (χ0n) is 15.8. The quantitative estimate of drug-likeness (QED) is 0.550. The van der Waals surface area contributed by atoms with Gasteiger partial charge in [-0.25, -0.2) is 9.38 Å². The fourth-order valence-corrected chi connectivity index (χ4v) is 2.38. The van der Waals surface area contributed by atoms with Crippen molar-refractivity contribution in [2.24, 2.45) is 4.99 Å². The Morgan fingerprint density at radius 2 is 1.96 bits per heavy atom. The smallest absolute Gasteiger partial charge is 0.241 e. The number of benzene rings is 1. The Balaban J connectivity index is 1.83. The zero-order chi connectivity index (χ0) is 19.5. The summed E-state index contributed by atoms with van der Waals surface area (Å²) in [7, 11) is 1.76. The van der Waals surface area contributed by atoms with Crippen LogP contribution in [-0.4, -0.2) is 48.4 Å². The molecule has 1 amide bonds. The number of rotatable bonds is 8. The standard InChI is InChI=1S/C20H26FN5O/c1-3-22-20(24-14-16-8-4-5-10-18(16)21)25-15-19(27)26(2)13-11-17-9-6-7-12-23-17/h4-10,12H,3,11,13-15H2,1-2H3,(H2,22,24,25). The van der Waals surface area contributed by atoms with Crippen LogP contribution in [0.3, 0.4) is 0 Å². The van der Waals surface area contributed by atoms with Crippen molar-refractivity contribution in [3.8, 4) is 0 Å². The van der Waals surface area contributed by atoms with E-state index in [1.807, 2.05) is 25.1 Å². The highest BCUT2D eigenvalue weighted by Gasteiger charge is 2.10. The number of likely N-dealkylation sites (N-methyl/N-ethyl adjacent to an activating group) is 1. The third-order valence-electron chi connectivity index (χ3n) is 3.97. The number of carbonyl (C=O) groups is 1. The first-order valence-electron chi connectivity index (χ1n) is 8.99. The molecule has 1 aromatic heterocycles. The number of hydrogen-bond acceptors (Lipinski definition) is 3. The summed E-state index contributed by atoms with van der Waals surface area (Å²) in [5.41, 5.74) is 1.46. The zero-order valence-corrected chi connectivity index (χ0v) is 15.8. The van der Waals surface area contributed by atoms with Gasteiger partial charge in [-0.2, -0.15) is 0 Å². The number of amides is 1. The second-order valence-electron chi connectivity index (χ2n) is 6.03. The van der Waals surface area contributed by atoms with Crippen LogP contribution >= 0.6 is 0 Å². The molecule has 2 N–H and O–H groups in total. The molecule has 2 aromatic rings. The molecule has 7 heteroatoms. The Kier molecular flexibility index (Phi) is 8.22. The molecule has 0 bridgehead atoms. The van der Waals surface area contributed by atoms with E-state index in [2.05, 4.69) is 20.6 Å². The molecule has 2 rings (SSSR count). The normalized spacial score (nSPS) is 11.1. The van der Waals surface area contributed by atoms with Crippen LogP contribution < -0.4 is 10.6 Å². The van der Waals surface area contributed by atoms with Gasteiger partial charge in [0.2, 0.25) is 5.91 Å². The Hall–Kier alpha value is -2.96. The molecule has 0 saturated carbocycles. The molecule has 27 heavy (non-hydrogen) atoms. The van der Waals surface area contributed by atoms with Crippen LogP contribution in [0.25, 0.3) is 0 Å². The Morgan fingerprint density at radius 1 is 1.19 bits per heavy atom. The molecule has 0 atom stereocenters. The minimum Gasteiger partial charge on any atom is -0.357 e. The molecule has 0 unspecified atom stereocenters. The van der Waals surface area contributed by atoms with Gasteiger partial charge in [0.15, 0.2) is 5.96 Å². The van der Waals surface area contributed by atoms with Crippen molar-refractivity contribution in [3.05, 3.63) is 65.7 Å². The van der Waals surface area contributed by atoms with E-state index in [0.717, 1.165) is 5.69 Å². The molecule has 1 aromatic carbocycles. The van der Waals surface area contributed by atoms with Crippen molar-refractivity contribution in [1.29, 1.82) is 0 Å². The summed E-state index contributed by atoms with van der Waals surface area (Å²) in [6.07, 6.45) is 2.44. The Morgan fingerprint density at radius 3 is 2.67 bits per heavy atom. The van der Waals surface area contributed by atoms with Crippen LogP contribution in [0.15, 0.2) is 53.7 Å². The average molecular weight is 371 g/mol. The highest BCUT2D eigenvalue weighted by Crippen LogP contribution is 2.07. The fraction of sp³-hybridized carbons (Fsp3) is 0.350. The molecule has 0 saturated heterocycles. The summed E-state index contributed by atoms with van der Waals surface area (Å²) in [5.74, 6) is 0.136. The number of halogens is 1. The van der Waals surface area contributed by atoms with Gasteiger partial charge in [0, 0.05) is 44.0 Å². The van der Waals surface area contributed by atoms with Gasteiger partial charge in [0.05, 0.1) is 13.1 Å². The average Bonchev–Trinajstić information content (AvgIpc) is 2.69. The maximum absolute atomic E-state index is 13.7. The third kappa shape index (κ3) is 7.05. The second kappa shape index (κ2) is 10.9. The minimum absolute atomic E-state index is 0.0533. The number of nitrogens with zero attached hydrogens (tertiary/aromatic N) is 3. The van der Waals surface area contributed by atoms with Crippen molar-refractivity contribution in [1.82, 2.24) is 20.5 Å². The fourth-order valence-electron chi connectivity index (χ4n) is 2.38. The summed E-state index contributed by atoms with van der Waals surface area (Å²) in [6.45, 7) is 3.47. The first-order chi connectivity index (χ1) is 13.1. The van der Waals surface area contributed by atoms with E-state index in [1.165, 1.54) is 6.07 Å². The van der Waals surface area contributed by atoms with E-state index < -0.39 is 0 Å². The van der Waals surface area contributed by atoms with Gasteiger partial charge >= 0.3 is 0 Å². The van der Waals surface area contributed by atoms with Gasteiger partial charge in [0.25, 0.3) is 0 Å². The SMILES string of the molecule is CCNC(=NCc1ccccc1F)NCC(=O)N(C)CCc1ccccn1. The van der Waals surface area contributed by atoms with Crippen molar-refractivity contribution in [2.45, 2.75) is 19.9 Å². The Labute approximate surface area is 159 Å². The van der Waals surface area contributed by atoms with E-state index in [1.54, 1.807) is 36.3 Å². The lowest BCUT2D eigenvalue weighted by molar-refractivity contribution is -0.128. The van der Waals surface area contributed by atoms with Gasteiger partial charge in [-0.3, -0.25) is 9.78 Å². The first kappa shape index (κ1) is 20.4. The lowest BCUT2D eigenvalue weighted by Gasteiger charge is -2.18. The van der Waals surface area contributed by atoms with Crippen LogP contribution in [0.5, 0.6) is 0 Å². The summed E-state index contributed by atoms with van der Waals surface area (Å²) in [4.78, 5) is 22.6. The van der Waals surface area contributed by atoms with E-state index in [-0.39, 0.29) is 24.8 Å². The number of nitrogens with one attached hydrogen (secondary N) is 2. The lowest BCUT2D eigenvalue weighted by Crippen LogP contribution is -2.44. The van der Waals surface area contributed by atoms with Crippen LogP contribution in [0, 0.1) is 5.82 Å².